The quantitative estimate of drug-likeness (QED) is 0.715. The van der Waals surface area contributed by atoms with Crippen molar-refractivity contribution >= 4 is 23.2 Å². The Morgan fingerprint density at radius 1 is 1.12 bits per heavy atom. The summed E-state index contributed by atoms with van der Waals surface area (Å²) >= 11 is 6.00. The van der Waals surface area contributed by atoms with Crippen molar-refractivity contribution < 1.29 is 9.36 Å². The van der Waals surface area contributed by atoms with Gasteiger partial charge in [0.2, 0.25) is 0 Å². The summed E-state index contributed by atoms with van der Waals surface area (Å²) in [6.07, 6.45) is 4.17. The van der Waals surface area contributed by atoms with E-state index in [0.717, 1.165) is 41.4 Å². The minimum atomic E-state index is -0.0147. The van der Waals surface area contributed by atoms with Gasteiger partial charge in [0.1, 0.15) is 6.20 Å². The Kier molecular flexibility index (Phi) is 4.28. The van der Waals surface area contributed by atoms with E-state index in [1.54, 1.807) is 0 Å². The first-order valence-corrected chi connectivity index (χ1v) is 8.81. The highest BCUT2D eigenvalue weighted by Gasteiger charge is 2.29. The van der Waals surface area contributed by atoms with Crippen molar-refractivity contribution in [2.24, 2.45) is 0 Å². The Morgan fingerprint density at radius 3 is 2.64 bits per heavy atom. The Bertz CT molecular complexity index is 901. The van der Waals surface area contributed by atoms with E-state index in [2.05, 4.69) is 20.6 Å². The second kappa shape index (κ2) is 6.73. The van der Waals surface area contributed by atoms with Crippen molar-refractivity contribution in [3.05, 3.63) is 71.6 Å². The van der Waals surface area contributed by atoms with Gasteiger partial charge in [0.05, 0.1) is 13.0 Å². The smallest absolute Gasteiger partial charge is 0.266 e. The van der Waals surface area contributed by atoms with Crippen molar-refractivity contribution in [2.75, 3.05) is 5.32 Å². The molecule has 25 heavy (non-hydrogen) atoms. The van der Waals surface area contributed by atoms with E-state index < -0.39 is 0 Å². The summed E-state index contributed by atoms with van der Waals surface area (Å²) in [5.74, 6) is 1.19. The van der Waals surface area contributed by atoms with Crippen LogP contribution in [0.3, 0.4) is 0 Å². The predicted molar refractivity (Wildman–Crippen MR) is 98.5 cm³/mol. The molecule has 0 atom stereocenters. The average molecular weight is 353 g/mol. The normalized spacial score (nSPS) is 12.8. The zero-order valence-electron chi connectivity index (χ0n) is 13.8. The number of imidazole rings is 1. The fourth-order valence-corrected chi connectivity index (χ4v) is 3.50. The van der Waals surface area contributed by atoms with Crippen LogP contribution in [-0.4, -0.2) is 10.5 Å². The molecule has 126 valence electrons. The van der Waals surface area contributed by atoms with Crippen molar-refractivity contribution in [1.82, 2.24) is 4.57 Å². The Hall–Kier alpha value is -2.59. The zero-order chi connectivity index (χ0) is 17.2. The van der Waals surface area contributed by atoms with E-state index in [-0.39, 0.29) is 5.91 Å². The highest BCUT2D eigenvalue weighted by Crippen LogP contribution is 2.25. The molecule has 1 aliphatic rings. The fourth-order valence-electron chi connectivity index (χ4n) is 3.37. The SMILES string of the molecule is O=C(C[n+]1cc(-c2ccc(Cl)cc2)n2c1CCC2)Nc1ccccc1. The lowest BCUT2D eigenvalue weighted by Crippen LogP contribution is -2.42. The summed E-state index contributed by atoms with van der Waals surface area (Å²) in [7, 11) is 0. The maximum Gasteiger partial charge on any atom is 0.266 e. The molecule has 4 nitrogen and oxygen atoms in total. The summed E-state index contributed by atoms with van der Waals surface area (Å²) in [5, 5.41) is 3.68. The molecule has 0 saturated heterocycles. The van der Waals surface area contributed by atoms with Gasteiger partial charge in [-0.3, -0.25) is 4.79 Å². The van der Waals surface area contributed by atoms with Crippen LogP contribution in [-0.2, 0) is 24.3 Å². The molecule has 1 N–H and O–H groups in total. The lowest BCUT2D eigenvalue weighted by molar-refractivity contribution is -0.690. The highest BCUT2D eigenvalue weighted by molar-refractivity contribution is 6.30. The van der Waals surface area contributed by atoms with Crippen LogP contribution in [0.5, 0.6) is 0 Å². The molecule has 1 amide bonds. The van der Waals surface area contributed by atoms with E-state index >= 15 is 0 Å². The van der Waals surface area contributed by atoms with E-state index in [4.69, 9.17) is 11.6 Å². The first-order chi connectivity index (χ1) is 12.2. The van der Waals surface area contributed by atoms with Gasteiger partial charge in [-0.25, -0.2) is 9.13 Å². The van der Waals surface area contributed by atoms with E-state index in [1.165, 1.54) is 5.82 Å². The molecule has 0 bridgehead atoms. The molecule has 2 heterocycles. The average Bonchev–Trinajstić information content (AvgIpc) is 3.21. The summed E-state index contributed by atoms with van der Waals surface area (Å²) in [5.41, 5.74) is 3.08. The molecule has 2 aromatic carbocycles. The van der Waals surface area contributed by atoms with Gasteiger partial charge < -0.3 is 5.32 Å². The lowest BCUT2D eigenvalue weighted by atomic mass is 10.2. The van der Waals surface area contributed by atoms with Crippen molar-refractivity contribution in [3.63, 3.8) is 0 Å². The minimum absolute atomic E-state index is 0.0147. The Morgan fingerprint density at radius 2 is 1.88 bits per heavy atom. The number of para-hydroxylation sites is 1. The second-order valence-electron chi connectivity index (χ2n) is 6.23. The molecule has 0 radical (unpaired) electrons. The second-order valence-corrected chi connectivity index (χ2v) is 6.67. The van der Waals surface area contributed by atoms with Gasteiger partial charge in [0, 0.05) is 16.3 Å². The summed E-state index contributed by atoms with van der Waals surface area (Å²) in [4.78, 5) is 12.4. The molecular formula is C20H19ClN3O+. The summed E-state index contributed by atoms with van der Waals surface area (Å²) in [6.45, 7) is 1.30. The van der Waals surface area contributed by atoms with Gasteiger partial charge in [-0.2, -0.15) is 0 Å². The number of halogens is 1. The van der Waals surface area contributed by atoms with Crippen LogP contribution in [0.2, 0.25) is 5.02 Å². The van der Waals surface area contributed by atoms with Crippen LogP contribution in [0.25, 0.3) is 11.3 Å². The number of nitrogens with one attached hydrogen (secondary N) is 1. The van der Waals surface area contributed by atoms with Gasteiger partial charge in [0.15, 0.2) is 12.2 Å². The van der Waals surface area contributed by atoms with E-state index in [0.29, 0.717) is 6.54 Å². The number of carbonyl (C=O) groups excluding carboxylic acids is 1. The lowest BCUT2D eigenvalue weighted by Gasteiger charge is -2.03. The molecule has 0 spiro atoms. The number of carbonyl (C=O) groups is 1. The van der Waals surface area contributed by atoms with Gasteiger partial charge >= 0.3 is 0 Å². The minimum Gasteiger partial charge on any atom is -0.323 e. The molecular weight excluding hydrogens is 334 g/mol. The zero-order valence-corrected chi connectivity index (χ0v) is 14.5. The first-order valence-electron chi connectivity index (χ1n) is 8.43. The molecule has 0 saturated carbocycles. The summed E-state index contributed by atoms with van der Waals surface area (Å²) < 4.78 is 4.37. The van der Waals surface area contributed by atoms with Gasteiger partial charge in [0.25, 0.3) is 11.7 Å². The topological polar surface area (TPSA) is 37.9 Å². The molecule has 1 aromatic heterocycles. The van der Waals surface area contributed by atoms with Crippen molar-refractivity contribution in [1.29, 1.82) is 0 Å². The fraction of sp³-hybridized carbons (Fsp3) is 0.200. The maximum atomic E-state index is 12.4. The highest BCUT2D eigenvalue weighted by atomic mass is 35.5. The third-order valence-corrected chi connectivity index (χ3v) is 4.76. The van der Waals surface area contributed by atoms with Crippen LogP contribution < -0.4 is 9.88 Å². The van der Waals surface area contributed by atoms with Gasteiger partial charge in [-0.05, 0) is 42.8 Å². The third kappa shape index (κ3) is 3.30. The molecule has 0 aliphatic carbocycles. The van der Waals surface area contributed by atoms with E-state index in [1.807, 2.05) is 54.6 Å². The van der Waals surface area contributed by atoms with Crippen molar-refractivity contribution in [3.8, 4) is 11.3 Å². The molecule has 0 fully saturated rings. The number of amides is 1. The number of aromatic nitrogens is 2. The van der Waals surface area contributed by atoms with Gasteiger partial charge in [-0.15, -0.1) is 0 Å². The maximum absolute atomic E-state index is 12.4. The van der Waals surface area contributed by atoms with Crippen LogP contribution in [0.15, 0.2) is 60.8 Å². The Balaban J connectivity index is 1.59. The van der Waals surface area contributed by atoms with Gasteiger partial charge in [-0.1, -0.05) is 29.8 Å². The molecule has 1 aliphatic heterocycles. The predicted octanol–water partition coefficient (Wildman–Crippen LogP) is 3.68. The number of rotatable bonds is 4. The van der Waals surface area contributed by atoms with Crippen molar-refractivity contribution in [2.45, 2.75) is 25.9 Å². The summed E-state index contributed by atoms with van der Waals surface area (Å²) in [6, 6.07) is 17.4. The standard InChI is InChI=1S/C20H18ClN3O/c21-16-10-8-15(9-11-16)18-13-23(20-7-4-12-24(18)20)14-19(25)22-17-5-2-1-3-6-17/h1-3,5-6,8-11,13H,4,7,12,14H2/p+1. The number of fused-ring (bicyclic) bond motifs is 1. The third-order valence-electron chi connectivity index (χ3n) is 4.51. The molecule has 4 rings (SSSR count). The number of nitrogens with zero attached hydrogens (tertiary/aromatic N) is 2. The van der Waals surface area contributed by atoms with E-state index in [9.17, 15) is 4.79 Å². The molecule has 0 unspecified atom stereocenters. The number of benzene rings is 2. The van der Waals surface area contributed by atoms with Crippen LogP contribution in [0, 0.1) is 0 Å². The molecule has 5 heteroatoms. The number of anilines is 1. The number of hydrogen-bond acceptors (Lipinski definition) is 1. The first kappa shape index (κ1) is 15.9. The van der Waals surface area contributed by atoms with Crippen LogP contribution >= 0.6 is 11.6 Å². The van der Waals surface area contributed by atoms with Crippen LogP contribution in [0.1, 0.15) is 12.2 Å². The molecule has 3 aromatic rings. The largest absolute Gasteiger partial charge is 0.323 e. The van der Waals surface area contributed by atoms with Crippen LogP contribution in [0.4, 0.5) is 5.69 Å². The monoisotopic (exact) mass is 352 g/mol. The number of hydrogen-bond donors (Lipinski definition) is 1. The Labute approximate surface area is 151 Å².